The Hall–Kier alpha value is -3.89. The number of benzene rings is 2. The fraction of sp³-hybridized carbons (Fsp3) is 0.292. The summed E-state index contributed by atoms with van der Waals surface area (Å²) in [5, 5.41) is 6.33. The molecule has 0 radical (unpaired) electrons. The summed E-state index contributed by atoms with van der Waals surface area (Å²) >= 11 is 0. The third kappa shape index (κ3) is 5.79. The molecule has 0 aliphatic rings. The number of aryl methyl sites for hydroxylation is 1. The second-order valence-corrected chi connectivity index (χ2v) is 7.81. The molecule has 186 valence electrons. The van der Waals surface area contributed by atoms with Crippen LogP contribution < -0.4 is 10.1 Å². The molecule has 1 atom stereocenters. The van der Waals surface area contributed by atoms with Crippen LogP contribution in [0, 0.1) is 0 Å². The van der Waals surface area contributed by atoms with E-state index in [1.165, 1.54) is 38.4 Å². The minimum absolute atomic E-state index is 0.0577. The summed E-state index contributed by atoms with van der Waals surface area (Å²) in [7, 11) is 2.57. The molecule has 0 saturated heterocycles. The van der Waals surface area contributed by atoms with Crippen molar-refractivity contribution < 1.29 is 36.6 Å². The molecule has 1 aromatic heterocycles. The summed E-state index contributed by atoms with van der Waals surface area (Å²) < 4.78 is 65.5. The highest BCUT2D eigenvalue weighted by atomic mass is 19.3. The molecule has 2 aromatic carbocycles. The van der Waals surface area contributed by atoms with E-state index in [1.807, 2.05) is 0 Å². The van der Waals surface area contributed by atoms with E-state index in [9.17, 15) is 27.2 Å². The van der Waals surface area contributed by atoms with Crippen molar-refractivity contribution in [1.82, 2.24) is 15.1 Å². The highest BCUT2D eigenvalue weighted by molar-refractivity contribution is 5.98. The summed E-state index contributed by atoms with van der Waals surface area (Å²) in [5.41, 5.74) is -0.611. The normalized spacial score (nSPS) is 12.4. The average molecular weight is 493 g/mol. The Morgan fingerprint density at radius 1 is 1.06 bits per heavy atom. The van der Waals surface area contributed by atoms with Crippen molar-refractivity contribution in [3.05, 3.63) is 76.5 Å². The molecule has 0 aliphatic heterocycles. The van der Waals surface area contributed by atoms with Gasteiger partial charge in [-0.15, -0.1) is 0 Å². The SMILES string of the molecule is COC(=O)c1ccc(C(C)NC(=O)c2c(C(F)F)nn(C)c2Oc2ccc(C(C)(F)F)cc2)cc1. The standard InChI is InChI=1S/C24H23F4N3O4/c1-13(14-5-7-15(8-6-14)23(33)34-4)29-21(32)18-19(20(25)26)30-31(3)22(18)35-17-11-9-16(10-12-17)24(2,27)28/h5-13,20H,1-4H3,(H,29,32). The van der Waals surface area contributed by atoms with Gasteiger partial charge >= 0.3 is 5.97 Å². The van der Waals surface area contributed by atoms with Crippen molar-refractivity contribution in [3.8, 4) is 11.6 Å². The molecule has 1 N–H and O–H groups in total. The van der Waals surface area contributed by atoms with Crippen molar-refractivity contribution in [1.29, 1.82) is 0 Å². The minimum Gasteiger partial charge on any atom is -0.465 e. The van der Waals surface area contributed by atoms with Crippen LogP contribution >= 0.6 is 0 Å². The van der Waals surface area contributed by atoms with E-state index in [4.69, 9.17) is 4.74 Å². The summed E-state index contributed by atoms with van der Waals surface area (Å²) in [6.45, 7) is 2.37. The number of nitrogens with zero attached hydrogens (tertiary/aromatic N) is 2. The Labute approximate surface area is 198 Å². The van der Waals surface area contributed by atoms with Crippen LogP contribution in [0.2, 0.25) is 0 Å². The molecule has 0 fully saturated rings. The molecule has 3 aromatic rings. The van der Waals surface area contributed by atoms with Gasteiger partial charge in [0, 0.05) is 19.5 Å². The predicted octanol–water partition coefficient (Wildman–Crippen LogP) is 5.54. The zero-order valence-corrected chi connectivity index (χ0v) is 19.3. The lowest BCUT2D eigenvalue weighted by Gasteiger charge is -2.16. The van der Waals surface area contributed by atoms with Gasteiger partial charge in [-0.2, -0.15) is 5.10 Å². The van der Waals surface area contributed by atoms with Crippen LogP contribution in [0.15, 0.2) is 48.5 Å². The van der Waals surface area contributed by atoms with Gasteiger partial charge in [-0.05, 0) is 48.9 Å². The van der Waals surface area contributed by atoms with Gasteiger partial charge in [0.1, 0.15) is 17.0 Å². The smallest absolute Gasteiger partial charge is 0.337 e. The molecule has 7 nitrogen and oxygen atoms in total. The number of hydrogen-bond acceptors (Lipinski definition) is 5. The number of carbonyl (C=O) groups excluding carboxylic acids is 2. The van der Waals surface area contributed by atoms with Crippen LogP contribution in [-0.2, 0) is 17.7 Å². The second kappa shape index (κ2) is 10.2. The van der Waals surface area contributed by atoms with Crippen LogP contribution in [0.4, 0.5) is 17.6 Å². The number of hydrogen-bond donors (Lipinski definition) is 1. The predicted molar refractivity (Wildman–Crippen MR) is 118 cm³/mol. The molecular formula is C24H23F4N3O4. The van der Waals surface area contributed by atoms with Crippen LogP contribution in [0.1, 0.15) is 63.9 Å². The van der Waals surface area contributed by atoms with Gasteiger partial charge in [0.25, 0.3) is 18.3 Å². The number of rotatable bonds is 8. The Morgan fingerprint density at radius 3 is 2.17 bits per heavy atom. The lowest BCUT2D eigenvalue weighted by Crippen LogP contribution is -2.27. The molecule has 1 unspecified atom stereocenters. The van der Waals surface area contributed by atoms with Gasteiger partial charge in [-0.3, -0.25) is 4.79 Å². The van der Waals surface area contributed by atoms with E-state index in [1.54, 1.807) is 19.1 Å². The average Bonchev–Trinajstić information content (AvgIpc) is 3.14. The first kappa shape index (κ1) is 25.7. The number of methoxy groups -OCH3 is 1. The molecule has 0 saturated carbocycles. The molecule has 35 heavy (non-hydrogen) atoms. The fourth-order valence-corrected chi connectivity index (χ4v) is 3.32. The van der Waals surface area contributed by atoms with E-state index in [-0.39, 0.29) is 17.2 Å². The summed E-state index contributed by atoms with van der Waals surface area (Å²) in [6.07, 6.45) is -3.07. The summed E-state index contributed by atoms with van der Waals surface area (Å²) in [4.78, 5) is 24.6. The molecule has 1 amide bonds. The fourth-order valence-electron chi connectivity index (χ4n) is 3.32. The monoisotopic (exact) mass is 493 g/mol. The Kier molecular flexibility index (Phi) is 7.47. The van der Waals surface area contributed by atoms with Gasteiger partial charge in [-0.1, -0.05) is 12.1 Å². The second-order valence-electron chi connectivity index (χ2n) is 7.81. The van der Waals surface area contributed by atoms with Gasteiger partial charge < -0.3 is 14.8 Å². The highest BCUT2D eigenvalue weighted by Crippen LogP contribution is 2.34. The number of amides is 1. The Balaban J connectivity index is 1.87. The van der Waals surface area contributed by atoms with Gasteiger partial charge in [-0.25, -0.2) is 27.0 Å². The first-order valence-electron chi connectivity index (χ1n) is 10.4. The molecule has 11 heteroatoms. The number of ether oxygens (including phenoxy) is 2. The molecule has 0 aliphatic carbocycles. The lowest BCUT2D eigenvalue weighted by atomic mass is 10.1. The quantitative estimate of drug-likeness (QED) is 0.329. The first-order valence-corrected chi connectivity index (χ1v) is 10.4. The lowest BCUT2D eigenvalue weighted by molar-refractivity contribution is 0.0174. The van der Waals surface area contributed by atoms with E-state index in [0.29, 0.717) is 11.1 Å². The number of esters is 1. The maximum absolute atomic E-state index is 13.7. The third-order valence-electron chi connectivity index (χ3n) is 5.21. The van der Waals surface area contributed by atoms with E-state index >= 15 is 0 Å². The van der Waals surface area contributed by atoms with Crippen molar-refractivity contribution >= 4 is 11.9 Å². The number of alkyl halides is 4. The van der Waals surface area contributed by atoms with Crippen LogP contribution in [0.3, 0.4) is 0 Å². The Bertz CT molecular complexity index is 1200. The molecular weight excluding hydrogens is 470 g/mol. The van der Waals surface area contributed by atoms with E-state index in [2.05, 4.69) is 15.2 Å². The zero-order valence-electron chi connectivity index (χ0n) is 19.3. The summed E-state index contributed by atoms with van der Waals surface area (Å²) in [6, 6.07) is 10.4. The minimum atomic E-state index is -3.07. The van der Waals surface area contributed by atoms with Gasteiger partial charge in [0.2, 0.25) is 5.88 Å². The van der Waals surface area contributed by atoms with Crippen LogP contribution in [-0.4, -0.2) is 28.8 Å². The maximum atomic E-state index is 13.7. The van der Waals surface area contributed by atoms with Crippen LogP contribution in [0.5, 0.6) is 11.6 Å². The number of aromatic nitrogens is 2. The van der Waals surface area contributed by atoms with Crippen molar-refractivity contribution in [2.75, 3.05) is 7.11 Å². The van der Waals surface area contributed by atoms with Gasteiger partial charge in [0.15, 0.2) is 0 Å². The highest BCUT2D eigenvalue weighted by Gasteiger charge is 2.31. The molecule has 1 heterocycles. The third-order valence-corrected chi connectivity index (χ3v) is 5.21. The first-order chi connectivity index (χ1) is 16.4. The molecule has 3 rings (SSSR count). The number of halogens is 4. The van der Waals surface area contributed by atoms with Gasteiger partial charge in [0.05, 0.1) is 18.7 Å². The maximum Gasteiger partial charge on any atom is 0.337 e. The van der Waals surface area contributed by atoms with Crippen molar-refractivity contribution in [2.24, 2.45) is 7.05 Å². The topological polar surface area (TPSA) is 82.5 Å². The van der Waals surface area contributed by atoms with Crippen LogP contribution in [0.25, 0.3) is 0 Å². The summed E-state index contributed by atoms with van der Waals surface area (Å²) in [5.74, 6) is -4.68. The number of nitrogens with one attached hydrogen (secondary N) is 1. The molecule has 0 bridgehead atoms. The van der Waals surface area contributed by atoms with Crippen molar-refractivity contribution in [2.45, 2.75) is 32.2 Å². The molecule has 0 spiro atoms. The Morgan fingerprint density at radius 2 is 1.66 bits per heavy atom. The number of carbonyl (C=O) groups is 2. The van der Waals surface area contributed by atoms with Crippen molar-refractivity contribution in [3.63, 3.8) is 0 Å². The van der Waals surface area contributed by atoms with E-state index in [0.717, 1.165) is 23.7 Å². The largest absolute Gasteiger partial charge is 0.465 e. The van der Waals surface area contributed by atoms with E-state index < -0.39 is 41.5 Å². The zero-order chi connectivity index (χ0) is 25.9.